The molecule has 0 bridgehead atoms. The Labute approximate surface area is 178 Å². The fourth-order valence-corrected chi connectivity index (χ4v) is 2.65. The summed E-state index contributed by atoms with van der Waals surface area (Å²) in [6.45, 7) is 1.76. The molecule has 0 saturated carbocycles. The van der Waals surface area contributed by atoms with E-state index in [0.717, 1.165) is 0 Å². The van der Waals surface area contributed by atoms with Gasteiger partial charge in [0, 0.05) is 12.5 Å². The zero-order chi connectivity index (χ0) is 22.2. The fraction of sp³-hybridized carbons (Fsp3) is 0.458. The lowest BCUT2D eigenvalue weighted by Crippen LogP contribution is -2.15. The first-order valence-electron chi connectivity index (χ1n) is 10.3. The van der Waals surface area contributed by atoms with Crippen molar-refractivity contribution in [2.75, 3.05) is 0 Å². The van der Waals surface area contributed by atoms with Crippen molar-refractivity contribution in [2.24, 2.45) is 0 Å². The zero-order valence-electron chi connectivity index (χ0n) is 17.5. The molecule has 1 heterocycles. The van der Waals surface area contributed by atoms with Gasteiger partial charge in [-0.3, -0.25) is 0 Å². The summed E-state index contributed by atoms with van der Waals surface area (Å²) >= 11 is 0. The Hall–Kier alpha value is -2.25. The Bertz CT molecular complexity index is 659. The summed E-state index contributed by atoms with van der Waals surface area (Å²) in [4.78, 5) is 11.8. The van der Waals surface area contributed by atoms with Crippen LogP contribution in [0.4, 0.5) is 0 Å². The topological polar surface area (TPSA) is 107 Å². The Morgan fingerprint density at radius 3 is 2.13 bits per heavy atom. The highest BCUT2D eigenvalue weighted by Gasteiger charge is 2.09. The van der Waals surface area contributed by atoms with Crippen molar-refractivity contribution in [1.82, 2.24) is 0 Å². The molecule has 0 unspecified atom stereocenters. The average Bonchev–Trinajstić information content (AvgIpc) is 2.68. The summed E-state index contributed by atoms with van der Waals surface area (Å²) in [6.07, 6.45) is 18.3. The number of hydrogen-bond donors (Lipinski definition) is 4. The predicted octanol–water partition coefficient (Wildman–Crippen LogP) is 2.66. The maximum absolute atomic E-state index is 11.8. The van der Waals surface area contributed by atoms with Gasteiger partial charge in [0.05, 0.1) is 30.5 Å². The van der Waals surface area contributed by atoms with Gasteiger partial charge < -0.3 is 25.2 Å². The number of aliphatic hydroxyl groups is 4. The molecule has 166 valence electrons. The molecule has 0 amide bonds. The Balaban J connectivity index is 2.73. The van der Waals surface area contributed by atoms with Gasteiger partial charge in [-0.1, -0.05) is 66.8 Å². The molecular weight excluding hydrogens is 384 g/mol. The number of aliphatic hydroxyl groups excluding tert-OH is 4. The first-order chi connectivity index (χ1) is 14.4. The zero-order valence-corrected chi connectivity index (χ0v) is 17.5. The van der Waals surface area contributed by atoms with Gasteiger partial charge in [0.15, 0.2) is 0 Å². The largest absolute Gasteiger partial charge is 0.460 e. The monoisotopic (exact) mass is 418 g/mol. The van der Waals surface area contributed by atoms with Crippen LogP contribution < -0.4 is 0 Å². The lowest BCUT2D eigenvalue weighted by molar-refractivity contribution is -0.142. The summed E-state index contributed by atoms with van der Waals surface area (Å²) in [7, 11) is 0. The van der Waals surface area contributed by atoms with E-state index in [1.165, 1.54) is 6.08 Å². The van der Waals surface area contributed by atoms with Gasteiger partial charge in [-0.05, 0) is 32.6 Å². The van der Waals surface area contributed by atoms with Crippen molar-refractivity contribution >= 4 is 5.97 Å². The summed E-state index contributed by atoms with van der Waals surface area (Å²) in [5, 5.41) is 39.7. The third kappa shape index (κ3) is 13.8. The van der Waals surface area contributed by atoms with Crippen LogP contribution in [0.1, 0.15) is 39.0 Å². The van der Waals surface area contributed by atoms with Gasteiger partial charge in [-0.25, -0.2) is 4.79 Å². The van der Waals surface area contributed by atoms with E-state index in [0.29, 0.717) is 25.7 Å². The van der Waals surface area contributed by atoms with Gasteiger partial charge in [0.2, 0.25) is 0 Å². The third-order valence-electron chi connectivity index (χ3n) is 4.32. The van der Waals surface area contributed by atoms with Crippen LogP contribution in [0.3, 0.4) is 0 Å². The lowest BCUT2D eigenvalue weighted by Gasteiger charge is -2.13. The van der Waals surface area contributed by atoms with Crippen LogP contribution in [0.15, 0.2) is 72.9 Å². The average molecular weight is 419 g/mol. The van der Waals surface area contributed by atoms with Crippen molar-refractivity contribution in [2.45, 2.75) is 69.5 Å². The van der Waals surface area contributed by atoms with Gasteiger partial charge in [-0.15, -0.1) is 0 Å². The summed E-state index contributed by atoms with van der Waals surface area (Å²) in [6, 6.07) is 0. The van der Waals surface area contributed by atoms with Crippen LogP contribution >= 0.6 is 0 Å². The van der Waals surface area contributed by atoms with Crippen LogP contribution in [-0.4, -0.2) is 56.9 Å². The van der Waals surface area contributed by atoms with Gasteiger partial charge in [0.1, 0.15) is 0 Å². The molecule has 4 N–H and O–H groups in total. The van der Waals surface area contributed by atoms with Crippen LogP contribution in [-0.2, 0) is 9.53 Å². The van der Waals surface area contributed by atoms with E-state index in [1.54, 1.807) is 73.8 Å². The number of carbonyl (C=O) groups excluding carboxylic acids is 1. The first-order valence-corrected chi connectivity index (χ1v) is 10.3. The highest BCUT2D eigenvalue weighted by Crippen LogP contribution is 2.08. The number of hydrogen-bond acceptors (Lipinski definition) is 6. The number of esters is 1. The molecule has 5 atom stereocenters. The minimum atomic E-state index is -0.794. The Morgan fingerprint density at radius 2 is 1.37 bits per heavy atom. The second-order valence-electron chi connectivity index (χ2n) is 7.26. The molecule has 1 aliphatic rings. The second-order valence-corrected chi connectivity index (χ2v) is 7.26. The highest BCUT2D eigenvalue weighted by molar-refractivity contribution is 5.82. The third-order valence-corrected chi connectivity index (χ3v) is 4.32. The summed E-state index contributed by atoms with van der Waals surface area (Å²) in [5.74, 6) is -0.462. The minimum Gasteiger partial charge on any atom is -0.460 e. The minimum absolute atomic E-state index is 0.199. The van der Waals surface area contributed by atoms with E-state index in [-0.39, 0.29) is 12.5 Å². The van der Waals surface area contributed by atoms with Crippen molar-refractivity contribution < 1.29 is 30.0 Å². The van der Waals surface area contributed by atoms with Crippen molar-refractivity contribution in [3.8, 4) is 0 Å². The van der Waals surface area contributed by atoms with Crippen LogP contribution in [0.5, 0.6) is 0 Å². The lowest BCUT2D eigenvalue weighted by atomic mass is 10.1. The predicted molar refractivity (Wildman–Crippen MR) is 118 cm³/mol. The smallest absolute Gasteiger partial charge is 0.331 e. The van der Waals surface area contributed by atoms with E-state index in [2.05, 4.69) is 0 Å². The molecule has 1 rings (SSSR count). The van der Waals surface area contributed by atoms with Crippen molar-refractivity contribution in [3.05, 3.63) is 72.9 Å². The molecule has 6 heteroatoms. The molecule has 1 aliphatic heterocycles. The SMILES string of the molecule is C[C@@H]1CC[C@@H](O)/C=C/C=C/[C@H](O)C[C@@H](O)C/C=C\C=C\[C@@H](O)C/C=C/C=C\C(=O)O1. The second kappa shape index (κ2) is 15.6. The maximum atomic E-state index is 11.8. The van der Waals surface area contributed by atoms with E-state index in [9.17, 15) is 25.2 Å². The molecule has 6 nitrogen and oxygen atoms in total. The molecule has 30 heavy (non-hydrogen) atoms. The molecule has 0 aliphatic carbocycles. The van der Waals surface area contributed by atoms with Gasteiger partial charge in [0.25, 0.3) is 0 Å². The number of cyclic esters (lactones) is 1. The summed E-state index contributed by atoms with van der Waals surface area (Å²) in [5.41, 5.74) is 0. The molecule has 0 spiro atoms. The maximum Gasteiger partial charge on any atom is 0.331 e. The fourth-order valence-electron chi connectivity index (χ4n) is 2.65. The van der Waals surface area contributed by atoms with Gasteiger partial charge in [-0.2, -0.15) is 0 Å². The van der Waals surface area contributed by atoms with Crippen LogP contribution in [0, 0.1) is 0 Å². The van der Waals surface area contributed by atoms with Crippen LogP contribution in [0.25, 0.3) is 0 Å². The van der Waals surface area contributed by atoms with Crippen molar-refractivity contribution in [3.63, 3.8) is 0 Å². The molecular formula is C24H34O6. The molecule has 0 aromatic heterocycles. The molecule has 0 fully saturated rings. The molecule has 0 radical (unpaired) electrons. The number of ether oxygens (including phenoxy) is 1. The molecule has 0 aromatic carbocycles. The van der Waals surface area contributed by atoms with E-state index in [1.807, 2.05) is 0 Å². The number of carbonyl (C=O) groups is 1. The van der Waals surface area contributed by atoms with Crippen LogP contribution in [0.2, 0.25) is 0 Å². The standard InChI is InChI=1S/C24H34O6/c1-19-16-17-21(26)12-8-9-14-23(28)18-22(27)13-6-2-4-10-20(25)11-5-3-7-15-24(29)30-19/h2-10,12,14-15,19-23,25-28H,11,13,16-18H2,1H3/b5-3+,6-2-,10-4+,12-8+,14-9+,15-7-/t19-,20-,21+,22+,23+/m1/s1. The quantitative estimate of drug-likeness (QED) is 0.451. The highest BCUT2D eigenvalue weighted by atomic mass is 16.5. The molecule has 0 aromatic rings. The Kier molecular flexibility index (Phi) is 13.4. The first kappa shape index (κ1) is 25.8. The van der Waals surface area contributed by atoms with E-state index in [4.69, 9.17) is 4.74 Å². The van der Waals surface area contributed by atoms with Crippen molar-refractivity contribution in [1.29, 1.82) is 0 Å². The number of rotatable bonds is 0. The van der Waals surface area contributed by atoms with Gasteiger partial charge >= 0.3 is 5.97 Å². The Morgan fingerprint density at radius 1 is 0.767 bits per heavy atom. The van der Waals surface area contributed by atoms with E-state index < -0.39 is 30.4 Å². The molecule has 0 saturated heterocycles. The van der Waals surface area contributed by atoms with E-state index >= 15 is 0 Å². The normalized spacial score (nSPS) is 37.1. The number of allylic oxidation sites excluding steroid dienone is 6. The summed E-state index contributed by atoms with van der Waals surface area (Å²) < 4.78 is 5.25.